The molecule has 0 aromatic heterocycles. The predicted molar refractivity (Wildman–Crippen MR) is 103 cm³/mol. The normalized spacial score (nSPS) is 40.8. The molecular formula is C21H28N4O3. The van der Waals surface area contributed by atoms with Gasteiger partial charge >= 0.3 is 0 Å². The van der Waals surface area contributed by atoms with E-state index in [1.54, 1.807) is 0 Å². The third-order valence-corrected chi connectivity index (χ3v) is 7.49. The molecule has 0 saturated carbocycles. The second-order valence-corrected chi connectivity index (χ2v) is 9.04. The fourth-order valence-corrected chi connectivity index (χ4v) is 6.19. The molecule has 7 nitrogen and oxygen atoms in total. The number of carbonyl (C=O) groups excluding carboxylic acids is 1. The topological polar surface area (TPSA) is 66.1 Å². The van der Waals surface area contributed by atoms with Crippen LogP contribution in [0.25, 0.3) is 0 Å². The number of amides is 1. The van der Waals surface area contributed by atoms with Crippen LogP contribution in [-0.4, -0.2) is 66.3 Å². The largest absolute Gasteiger partial charge is 0.454 e. The highest BCUT2D eigenvalue weighted by Gasteiger charge is 2.55. The van der Waals surface area contributed by atoms with Crippen LogP contribution >= 0.6 is 0 Å². The number of carbonyl (C=O) groups is 1. The van der Waals surface area contributed by atoms with Gasteiger partial charge in [-0.3, -0.25) is 15.1 Å². The molecule has 5 atom stereocenters. The summed E-state index contributed by atoms with van der Waals surface area (Å²) in [4.78, 5) is 18.3. The molecular weight excluding hydrogens is 356 g/mol. The second-order valence-electron chi connectivity index (χ2n) is 9.04. The van der Waals surface area contributed by atoms with E-state index >= 15 is 0 Å². The van der Waals surface area contributed by atoms with E-state index in [1.165, 1.54) is 18.4 Å². The Kier molecular flexibility index (Phi) is 3.86. The molecule has 150 valence electrons. The number of ether oxygens (including phenoxy) is 2. The Bertz CT molecular complexity index is 794. The number of nitrogens with one attached hydrogen (secondary N) is 2. The fraction of sp³-hybridized carbons (Fsp3) is 0.667. The number of fused-ring (bicyclic) bond motifs is 3. The maximum atomic E-state index is 13.4. The van der Waals surface area contributed by atoms with Crippen LogP contribution in [0.15, 0.2) is 18.2 Å². The molecule has 0 aliphatic carbocycles. The van der Waals surface area contributed by atoms with E-state index in [9.17, 15) is 4.79 Å². The Labute approximate surface area is 165 Å². The van der Waals surface area contributed by atoms with Gasteiger partial charge in [0.1, 0.15) is 6.04 Å². The number of rotatable bonds is 2. The van der Waals surface area contributed by atoms with Gasteiger partial charge in [0, 0.05) is 24.5 Å². The molecule has 1 amide bonds. The summed E-state index contributed by atoms with van der Waals surface area (Å²) < 4.78 is 11.1. The number of likely N-dealkylation sites (tertiary alicyclic amines) is 1. The van der Waals surface area contributed by atoms with Gasteiger partial charge in [-0.05, 0) is 62.9 Å². The molecule has 2 bridgehead atoms. The summed E-state index contributed by atoms with van der Waals surface area (Å²) in [7, 11) is 0. The van der Waals surface area contributed by atoms with Crippen molar-refractivity contribution in [3.63, 3.8) is 0 Å². The van der Waals surface area contributed by atoms with Gasteiger partial charge in [-0.25, -0.2) is 5.43 Å². The molecule has 1 aromatic rings. The first-order valence-corrected chi connectivity index (χ1v) is 10.6. The van der Waals surface area contributed by atoms with E-state index < -0.39 is 0 Å². The van der Waals surface area contributed by atoms with Gasteiger partial charge in [0.05, 0.1) is 6.04 Å². The first-order valence-electron chi connectivity index (χ1n) is 10.6. The summed E-state index contributed by atoms with van der Waals surface area (Å²) in [6.07, 6.45) is 3.28. The molecule has 5 fully saturated rings. The van der Waals surface area contributed by atoms with Crippen LogP contribution in [0.4, 0.5) is 0 Å². The number of hydrogen-bond donors (Lipinski definition) is 2. The molecule has 7 heteroatoms. The fourth-order valence-electron chi connectivity index (χ4n) is 6.19. The van der Waals surface area contributed by atoms with Crippen molar-refractivity contribution in [2.45, 2.75) is 56.3 Å². The number of hydrazine groups is 1. The van der Waals surface area contributed by atoms with E-state index in [2.05, 4.69) is 39.7 Å². The van der Waals surface area contributed by atoms with E-state index in [0.717, 1.165) is 37.6 Å². The maximum absolute atomic E-state index is 13.4. The quantitative estimate of drug-likeness (QED) is 0.795. The van der Waals surface area contributed by atoms with Crippen LogP contribution in [0.1, 0.15) is 37.7 Å². The van der Waals surface area contributed by atoms with E-state index in [4.69, 9.17) is 9.47 Å². The van der Waals surface area contributed by atoms with Gasteiger partial charge in [0.15, 0.2) is 11.5 Å². The van der Waals surface area contributed by atoms with Gasteiger partial charge in [-0.1, -0.05) is 6.07 Å². The van der Waals surface area contributed by atoms with Crippen LogP contribution in [0, 0.1) is 5.92 Å². The van der Waals surface area contributed by atoms with Crippen molar-refractivity contribution in [3.05, 3.63) is 23.8 Å². The SMILES string of the molecule is CC1CC(C(=O)N2C[C@H](c3ccc4c(c3)OCO4)[C@@H]3[C@H]2C2CCN3CC2)NN1. The number of nitrogens with zero attached hydrogens (tertiary/aromatic N) is 2. The Balaban J connectivity index is 1.34. The minimum absolute atomic E-state index is 0.110. The maximum Gasteiger partial charge on any atom is 0.241 e. The Morgan fingerprint density at radius 3 is 2.71 bits per heavy atom. The lowest BCUT2D eigenvalue weighted by molar-refractivity contribution is -0.138. The van der Waals surface area contributed by atoms with Gasteiger partial charge in [-0.2, -0.15) is 0 Å². The Morgan fingerprint density at radius 2 is 1.93 bits per heavy atom. The zero-order valence-electron chi connectivity index (χ0n) is 16.3. The summed E-state index contributed by atoms with van der Waals surface area (Å²) in [6.45, 7) is 5.54. The van der Waals surface area contributed by atoms with Crippen molar-refractivity contribution in [1.82, 2.24) is 20.7 Å². The van der Waals surface area contributed by atoms with Crippen molar-refractivity contribution in [1.29, 1.82) is 0 Å². The molecule has 6 heterocycles. The highest BCUT2D eigenvalue weighted by atomic mass is 16.7. The van der Waals surface area contributed by atoms with Crippen molar-refractivity contribution < 1.29 is 14.3 Å². The average molecular weight is 384 g/mol. The van der Waals surface area contributed by atoms with E-state index in [1.807, 2.05) is 6.07 Å². The van der Waals surface area contributed by atoms with Gasteiger partial charge in [0.25, 0.3) is 0 Å². The molecule has 2 N–H and O–H groups in total. The monoisotopic (exact) mass is 384 g/mol. The molecule has 6 aliphatic rings. The Hall–Kier alpha value is -1.83. The number of hydrogen-bond acceptors (Lipinski definition) is 6. The summed E-state index contributed by atoms with van der Waals surface area (Å²) in [5, 5.41) is 0. The third kappa shape index (κ3) is 2.49. The van der Waals surface area contributed by atoms with Crippen LogP contribution in [-0.2, 0) is 4.79 Å². The summed E-state index contributed by atoms with van der Waals surface area (Å²) >= 11 is 0. The van der Waals surface area contributed by atoms with E-state index in [0.29, 0.717) is 36.8 Å². The smallest absolute Gasteiger partial charge is 0.241 e. The zero-order chi connectivity index (χ0) is 18.8. The lowest BCUT2D eigenvalue weighted by atomic mass is 9.75. The lowest BCUT2D eigenvalue weighted by Gasteiger charge is -2.51. The van der Waals surface area contributed by atoms with Crippen LogP contribution in [0.5, 0.6) is 11.5 Å². The lowest BCUT2D eigenvalue weighted by Crippen LogP contribution is -2.62. The Morgan fingerprint density at radius 1 is 1.11 bits per heavy atom. The molecule has 28 heavy (non-hydrogen) atoms. The molecule has 2 unspecified atom stereocenters. The zero-order valence-corrected chi connectivity index (χ0v) is 16.3. The average Bonchev–Trinajstić information content (AvgIpc) is 3.46. The first kappa shape index (κ1) is 17.1. The van der Waals surface area contributed by atoms with Crippen LogP contribution < -0.4 is 20.3 Å². The van der Waals surface area contributed by atoms with Crippen molar-refractivity contribution in [2.75, 3.05) is 26.4 Å². The standard InChI is InChI=1S/C21H28N4O3/c1-12-8-16(23-22-12)21(26)25-10-15(14-2-3-17-18(9-14)28-11-27-17)20-19(25)13-4-6-24(20)7-5-13/h2-3,9,12-13,15-16,19-20,22-23H,4-8,10-11H2,1H3/t12?,15-,16?,19-,20-/m1/s1. The van der Waals surface area contributed by atoms with Crippen molar-refractivity contribution >= 4 is 5.91 Å². The van der Waals surface area contributed by atoms with Gasteiger partial charge in [-0.15, -0.1) is 0 Å². The number of piperidine rings is 3. The minimum Gasteiger partial charge on any atom is -0.454 e. The summed E-state index contributed by atoms with van der Waals surface area (Å²) in [5.74, 6) is 2.89. The third-order valence-electron chi connectivity index (χ3n) is 7.49. The summed E-state index contributed by atoms with van der Waals surface area (Å²) in [5.41, 5.74) is 7.70. The predicted octanol–water partition coefficient (Wildman–Crippen LogP) is 1.06. The molecule has 6 aliphatic heterocycles. The van der Waals surface area contributed by atoms with Crippen LogP contribution in [0.3, 0.4) is 0 Å². The highest BCUT2D eigenvalue weighted by molar-refractivity contribution is 5.83. The van der Waals surface area contributed by atoms with Crippen LogP contribution in [0.2, 0.25) is 0 Å². The minimum atomic E-state index is -0.110. The molecule has 5 saturated heterocycles. The van der Waals surface area contributed by atoms with E-state index in [-0.39, 0.29) is 11.9 Å². The number of benzene rings is 1. The molecule has 0 spiro atoms. The highest BCUT2D eigenvalue weighted by Crippen LogP contribution is 2.48. The molecule has 7 rings (SSSR count). The second kappa shape index (κ2) is 6.34. The first-order chi connectivity index (χ1) is 13.7. The molecule has 0 radical (unpaired) electrons. The molecule has 1 aromatic carbocycles. The van der Waals surface area contributed by atoms with Crippen molar-refractivity contribution in [3.8, 4) is 11.5 Å². The van der Waals surface area contributed by atoms with Crippen molar-refractivity contribution in [2.24, 2.45) is 5.92 Å². The van der Waals surface area contributed by atoms with Gasteiger partial charge in [0.2, 0.25) is 12.7 Å². The van der Waals surface area contributed by atoms with Gasteiger partial charge < -0.3 is 14.4 Å². The summed E-state index contributed by atoms with van der Waals surface area (Å²) in [6, 6.07) is 7.32.